The minimum Gasteiger partial charge on any atom is -0.395 e. The number of hydrogen-bond acceptors (Lipinski definition) is 3. The van der Waals surface area contributed by atoms with Crippen molar-refractivity contribution < 1.29 is 5.11 Å². The molecular formula is C15H32N2O. The lowest BCUT2D eigenvalue weighted by Crippen LogP contribution is -2.37. The van der Waals surface area contributed by atoms with Gasteiger partial charge in [0.2, 0.25) is 0 Å². The molecule has 2 unspecified atom stereocenters. The van der Waals surface area contributed by atoms with Crippen LogP contribution in [0.3, 0.4) is 0 Å². The Kier molecular flexibility index (Phi) is 6.61. The molecule has 0 amide bonds. The average Bonchev–Trinajstić information content (AvgIpc) is 2.78. The van der Waals surface area contributed by atoms with Crippen LogP contribution in [-0.2, 0) is 0 Å². The van der Waals surface area contributed by atoms with Crippen LogP contribution in [0.5, 0.6) is 0 Å². The molecule has 1 aliphatic rings. The SMILES string of the molecule is CCCNC(CO)CCN1CCC(C(C)(C)C)C1. The van der Waals surface area contributed by atoms with Crippen LogP contribution in [0.4, 0.5) is 0 Å². The molecule has 1 heterocycles. The summed E-state index contributed by atoms with van der Waals surface area (Å²) in [5.74, 6) is 0.827. The summed E-state index contributed by atoms with van der Waals surface area (Å²) in [6.07, 6.45) is 3.52. The van der Waals surface area contributed by atoms with Gasteiger partial charge in [-0.25, -0.2) is 0 Å². The molecule has 0 aromatic rings. The van der Waals surface area contributed by atoms with Gasteiger partial charge in [0.1, 0.15) is 0 Å². The van der Waals surface area contributed by atoms with E-state index >= 15 is 0 Å². The summed E-state index contributed by atoms with van der Waals surface area (Å²) in [6, 6.07) is 0.277. The maximum Gasteiger partial charge on any atom is 0.0585 e. The number of nitrogens with zero attached hydrogens (tertiary/aromatic N) is 1. The molecule has 1 aliphatic heterocycles. The van der Waals surface area contributed by atoms with E-state index < -0.39 is 0 Å². The Hall–Kier alpha value is -0.120. The van der Waals surface area contributed by atoms with E-state index in [2.05, 4.69) is 37.9 Å². The number of likely N-dealkylation sites (tertiary alicyclic amines) is 1. The van der Waals surface area contributed by atoms with E-state index in [1.165, 1.54) is 19.5 Å². The summed E-state index contributed by atoms with van der Waals surface area (Å²) in [7, 11) is 0. The topological polar surface area (TPSA) is 35.5 Å². The summed E-state index contributed by atoms with van der Waals surface area (Å²) in [5.41, 5.74) is 0.436. The second-order valence-corrected chi connectivity index (χ2v) is 6.77. The predicted octanol–water partition coefficient (Wildman–Crippen LogP) is 2.10. The van der Waals surface area contributed by atoms with E-state index in [4.69, 9.17) is 0 Å². The van der Waals surface area contributed by atoms with Gasteiger partial charge in [0.05, 0.1) is 6.61 Å². The number of nitrogens with one attached hydrogen (secondary N) is 1. The number of hydrogen-bond donors (Lipinski definition) is 2. The standard InChI is InChI=1S/C15H32N2O/c1-5-8-16-14(12-18)7-10-17-9-6-13(11-17)15(2,3)4/h13-14,16,18H,5-12H2,1-4H3. The van der Waals surface area contributed by atoms with Gasteiger partial charge in [-0.15, -0.1) is 0 Å². The van der Waals surface area contributed by atoms with Crippen molar-refractivity contribution in [2.24, 2.45) is 11.3 Å². The third-order valence-corrected chi connectivity index (χ3v) is 4.19. The van der Waals surface area contributed by atoms with Crippen molar-refractivity contribution in [2.75, 3.05) is 32.8 Å². The minimum atomic E-state index is 0.260. The predicted molar refractivity (Wildman–Crippen MR) is 77.8 cm³/mol. The molecule has 1 saturated heterocycles. The number of rotatable bonds is 7. The lowest BCUT2D eigenvalue weighted by Gasteiger charge is -2.27. The Labute approximate surface area is 113 Å². The summed E-state index contributed by atoms with van der Waals surface area (Å²) >= 11 is 0. The molecular weight excluding hydrogens is 224 g/mol. The van der Waals surface area contributed by atoms with Crippen molar-refractivity contribution in [1.29, 1.82) is 0 Å². The highest BCUT2D eigenvalue weighted by Crippen LogP contribution is 2.33. The van der Waals surface area contributed by atoms with Crippen LogP contribution in [0.2, 0.25) is 0 Å². The molecule has 0 aromatic carbocycles. The Bertz CT molecular complexity index is 225. The van der Waals surface area contributed by atoms with Gasteiger partial charge >= 0.3 is 0 Å². The third-order valence-electron chi connectivity index (χ3n) is 4.19. The Morgan fingerprint density at radius 2 is 2.11 bits per heavy atom. The van der Waals surface area contributed by atoms with Crippen molar-refractivity contribution >= 4 is 0 Å². The van der Waals surface area contributed by atoms with Gasteiger partial charge in [-0.2, -0.15) is 0 Å². The quantitative estimate of drug-likeness (QED) is 0.732. The molecule has 0 aromatic heterocycles. The van der Waals surface area contributed by atoms with Gasteiger partial charge in [-0.1, -0.05) is 27.7 Å². The molecule has 0 bridgehead atoms. The van der Waals surface area contributed by atoms with Gasteiger partial charge in [-0.05, 0) is 50.2 Å². The van der Waals surface area contributed by atoms with Crippen LogP contribution < -0.4 is 5.32 Å². The fourth-order valence-electron chi connectivity index (χ4n) is 2.69. The van der Waals surface area contributed by atoms with Gasteiger partial charge in [0.25, 0.3) is 0 Å². The van der Waals surface area contributed by atoms with E-state index in [1.54, 1.807) is 0 Å². The van der Waals surface area contributed by atoms with Crippen LogP contribution in [0.1, 0.15) is 47.0 Å². The normalized spacial score (nSPS) is 23.5. The Balaban J connectivity index is 2.24. The van der Waals surface area contributed by atoms with Gasteiger partial charge in [-0.3, -0.25) is 0 Å². The molecule has 0 spiro atoms. The van der Waals surface area contributed by atoms with E-state index in [0.29, 0.717) is 5.41 Å². The monoisotopic (exact) mass is 256 g/mol. The van der Waals surface area contributed by atoms with Crippen LogP contribution in [-0.4, -0.2) is 48.8 Å². The molecule has 0 aliphatic carbocycles. The zero-order valence-corrected chi connectivity index (χ0v) is 12.7. The molecule has 108 valence electrons. The summed E-state index contributed by atoms with van der Waals surface area (Å²) in [4.78, 5) is 2.56. The van der Waals surface area contributed by atoms with Crippen molar-refractivity contribution in [2.45, 2.75) is 53.0 Å². The fraction of sp³-hybridized carbons (Fsp3) is 1.00. The Morgan fingerprint density at radius 3 is 2.61 bits per heavy atom. The average molecular weight is 256 g/mol. The number of aliphatic hydroxyl groups excluding tert-OH is 1. The molecule has 0 saturated carbocycles. The van der Waals surface area contributed by atoms with Crippen LogP contribution >= 0.6 is 0 Å². The van der Waals surface area contributed by atoms with Crippen molar-refractivity contribution in [3.8, 4) is 0 Å². The molecule has 1 fully saturated rings. The Morgan fingerprint density at radius 1 is 1.39 bits per heavy atom. The molecule has 3 heteroatoms. The highest BCUT2D eigenvalue weighted by molar-refractivity contribution is 4.84. The minimum absolute atomic E-state index is 0.260. The zero-order valence-electron chi connectivity index (χ0n) is 12.7. The van der Waals surface area contributed by atoms with Gasteiger partial charge < -0.3 is 15.3 Å². The van der Waals surface area contributed by atoms with Crippen molar-refractivity contribution in [3.63, 3.8) is 0 Å². The fourth-order valence-corrected chi connectivity index (χ4v) is 2.69. The number of aliphatic hydroxyl groups is 1. The molecule has 3 nitrogen and oxygen atoms in total. The molecule has 18 heavy (non-hydrogen) atoms. The van der Waals surface area contributed by atoms with Gasteiger partial charge in [0.15, 0.2) is 0 Å². The highest BCUT2D eigenvalue weighted by atomic mass is 16.3. The van der Waals surface area contributed by atoms with E-state index in [0.717, 1.165) is 31.8 Å². The van der Waals surface area contributed by atoms with Crippen LogP contribution in [0.25, 0.3) is 0 Å². The van der Waals surface area contributed by atoms with E-state index in [-0.39, 0.29) is 12.6 Å². The molecule has 2 N–H and O–H groups in total. The maximum absolute atomic E-state index is 9.33. The first-order chi connectivity index (χ1) is 8.47. The third kappa shape index (κ3) is 5.25. The van der Waals surface area contributed by atoms with Crippen molar-refractivity contribution in [3.05, 3.63) is 0 Å². The highest BCUT2D eigenvalue weighted by Gasteiger charge is 2.31. The first-order valence-corrected chi connectivity index (χ1v) is 7.54. The van der Waals surface area contributed by atoms with Crippen molar-refractivity contribution in [1.82, 2.24) is 10.2 Å². The van der Waals surface area contributed by atoms with Crippen LogP contribution in [0, 0.1) is 11.3 Å². The largest absolute Gasteiger partial charge is 0.395 e. The van der Waals surface area contributed by atoms with Gasteiger partial charge in [0, 0.05) is 12.6 Å². The van der Waals surface area contributed by atoms with E-state index in [9.17, 15) is 5.11 Å². The maximum atomic E-state index is 9.33. The second kappa shape index (κ2) is 7.46. The first-order valence-electron chi connectivity index (χ1n) is 7.54. The summed E-state index contributed by atoms with van der Waals surface area (Å²) < 4.78 is 0. The van der Waals surface area contributed by atoms with Crippen LogP contribution in [0.15, 0.2) is 0 Å². The van der Waals surface area contributed by atoms with E-state index in [1.807, 2.05) is 0 Å². The zero-order chi connectivity index (χ0) is 13.6. The summed E-state index contributed by atoms with van der Waals surface area (Å²) in [5, 5.41) is 12.7. The lowest BCUT2D eigenvalue weighted by molar-refractivity contribution is 0.202. The second-order valence-electron chi connectivity index (χ2n) is 6.77. The molecule has 2 atom stereocenters. The smallest absolute Gasteiger partial charge is 0.0585 e. The first kappa shape index (κ1) is 15.9. The summed E-state index contributed by atoms with van der Waals surface area (Å²) in [6.45, 7) is 14.1. The molecule has 1 rings (SSSR count). The lowest BCUT2D eigenvalue weighted by atomic mass is 9.80. The molecule has 0 radical (unpaired) electrons.